The van der Waals surface area contributed by atoms with Gasteiger partial charge in [0.25, 0.3) is 5.91 Å². The number of nitrogens with one attached hydrogen (secondary N) is 3. The highest BCUT2D eigenvalue weighted by molar-refractivity contribution is 7.89. The molecule has 0 spiro atoms. The van der Waals surface area contributed by atoms with E-state index in [0.29, 0.717) is 23.5 Å². The maximum atomic E-state index is 12.7. The number of hydrogen-bond donors (Lipinski definition) is 3. The van der Waals surface area contributed by atoms with Gasteiger partial charge in [0.1, 0.15) is 5.75 Å². The molecule has 1 aromatic heterocycles. The van der Waals surface area contributed by atoms with Crippen LogP contribution in [-0.2, 0) is 21.2 Å². The number of benzene rings is 2. The van der Waals surface area contributed by atoms with Gasteiger partial charge in [0.15, 0.2) is 0 Å². The summed E-state index contributed by atoms with van der Waals surface area (Å²) < 4.78 is 32.8. The Morgan fingerprint density at radius 2 is 1.78 bits per heavy atom. The molecule has 0 aliphatic carbocycles. The molecular weight excluding hydrogens is 450 g/mol. The third-order valence-corrected chi connectivity index (χ3v) is 6.85. The molecule has 10 heteroatoms. The normalized spacial score (nSPS) is 11.1. The average Bonchev–Trinajstić information content (AvgIpc) is 3.27. The van der Waals surface area contributed by atoms with E-state index in [0.717, 1.165) is 4.88 Å². The van der Waals surface area contributed by atoms with Gasteiger partial charge in [-0.15, -0.1) is 11.3 Å². The summed E-state index contributed by atoms with van der Waals surface area (Å²) in [6.45, 7) is 1.67. The predicted molar refractivity (Wildman–Crippen MR) is 125 cm³/mol. The molecule has 168 valence electrons. The number of hydrogen-bond acceptors (Lipinski definition) is 6. The van der Waals surface area contributed by atoms with Crippen molar-refractivity contribution in [2.45, 2.75) is 18.2 Å². The monoisotopic (exact) mass is 473 g/mol. The third kappa shape index (κ3) is 6.16. The Labute approximate surface area is 190 Å². The smallest absolute Gasteiger partial charge is 0.255 e. The van der Waals surface area contributed by atoms with Crippen molar-refractivity contribution in [1.29, 1.82) is 0 Å². The van der Waals surface area contributed by atoms with Gasteiger partial charge in [-0.05, 0) is 60.3 Å². The lowest BCUT2D eigenvalue weighted by Crippen LogP contribution is -2.26. The van der Waals surface area contributed by atoms with Gasteiger partial charge in [0.05, 0.1) is 17.7 Å². The summed E-state index contributed by atoms with van der Waals surface area (Å²) in [6.07, 6.45) is 0.608. The molecule has 2 amide bonds. The lowest BCUT2D eigenvalue weighted by molar-refractivity contribution is -0.114. The minimum Gasteiger partial charge on any atom is -0.495 e. The number of thiophene rings is 1. The van der Waals surface area contributed by atoms with E-state index in [9.17, 15) is 18.0 Å². The Hall–Kier alpha value is -3.21. The van der Waals surface area contributed by atoms with Crippen LogP contribution in [0, 0.1) is 0 Å². The molecule has 2 aromatic carbocycles. The highest BCUT2D eigenvalue weighted by atomic mass is 32.2. The van der Waals surface area contributed by atoms with Crippen LogP contribution in [0.1, 0.15) is 22.2 Å². The molecule has 32 heavy (non-hydrogen) atoms. The standard InChI is InChI=1S/C22H23N3O5S2/c1-15(26)24-17-7-10-21(30-2)20(14-17)25-22(27)16-5-8-19(9-6-16)32(28,29)23-12-11-18-4-3-13-31-18/h3-10,13-14,23H,11-12H2,1-2H3,(H,24,26)(H,25,27). The Bertz CT molecular complexity index is 1190. The van der Waals surface area contributed by atoms with E-state index in [2.05, 4.69) is 15.4 Å². The second kappa shape index (κ2) is 10.4. The second-order valence-electron chi connectivity index (χ2n) is 6.80. The molecule has 8 nitrogen and oxygen atoms in total. The van der Waals surface area contributed by atoms with E-state index in [1.54, 1.807) is 29.5 Å². The van der Waals surface area contributed by atoms with E-state index >= 15 is 0 Å². The van der Waals surface area contributed by atoms with Gasteiger partial charge in [-0.1, -0.05) is 6.07 Å². The number of sulfonamides is 1. The Kier molecular flexibility index (Phi) is 7.62. The molecule has 0 radical (unpaired) electrons. The number of carbonyl (C=O) groups excluding carboxylic acids is 2. The fourth-order valence-corrected chi connectivity index (χ4v) is 4.65. The molecule has 0 fully saturated rings. The van der Waals surface area contributed by atoms with Crippen LogP contribution in [0.3, 0.4) is 0 Å². The van der Waals surface area contributed by atoms with Crippen molar-refractivity contribution in [3.05, 3.63) is 70.4 Å². The van der Waals surface area contributed by atoms with E-state index in [1.807, 2.05) is 17.5 Å². The molecule has 0 aliphatic heterocycles. The number of anilines is 2. The largest absolute Gasteiger partial charge is 0.495 e. The van der Waals surface area contributed by atoms with Crippen LogP contribution in [-0.4, -0.2) is 33.9 Å². The molecule has 3 aromatic rings. The molecule has 0 unspecified atom stereocenters. The van der Waals surface area contributed by atoms with Crippen LogP contribution >= 0.6 is 11.3 Å². The van der Waals surface area contributed by atoms with E-state index in [1.165, 1.54) is 38.3 Å². The molecule has 0 aliphatic rings. The van der Waals surface area contributed by atoms with Crippen molar-refractivity contribution in [3.63, 3.8) is 0 Å². The summed E-state index contributed by atoms with van der Waals surface area (Å²) in [6, 6.07) is 14.4. The molecular formula is C22H23N3O5S2. The fourth-order valence-electron chi connectivity index (χ4n) is 2.91. The fraction of sp³-hybridized carbons (Fsp3) is 0.182. The molecule has 3 rings (SSSR count). The Balaban J connectivity index is 1.67. The van der Waals surface area contributed by atoms with Gasteiger partial charge in [0.2, 0.25) is 15.9 Å². The first-order valence-electron chi connectivity index (χ1n) is 9.67. The van der Waals surface area contributed by atoms with Crippen LogP contribution in [0.5, 0.6) is 5.75 Å². The van der Waals surface area contributed by atoms with Gasteiger partial charge in [-0.2, -0.15) is 0 Å². The molecule has 0 saturated heterocycles. The van der Waals surface area contributed by atoms with Gasteiger partial charge in [0, 0.05) is 29.6 Å². The first-order chi connectivity index (χ1) is 15.3. The Morgan fingerprint density at radius 1 is 1.03 bits per heavy atom. The summed E-state index contributed by atoms with van der Waals surface area (Å²) in [4.78, 5) is 25.1. The number of amides is 2. The molecule has 0 bridgehead atoms. The van der Waals surface area contributed by atoms with Gasteiger partial charge in [-0.25, -0.2) is 13.1 Å². The quantitative estimate of drug-likeness (QED) is 0.440. The number of rotatable bonds is 9. The van der Waals surface area contributed by atoms with Crippen molar-refractivity contribution in [1.82, 2.24) is 4.72 Å². The Morgan fingerprint density at radius 3 is 2.41 bits per heavy atom. The van der Waals surface area contributed by atoms with Crippen molar-refractivity contribution >= 4 is 44.5 Å². The third-order valence-electron chi connectivity index (χ3n) is 4.44. The summed E-state index contributed by atoms with van der Waals surface area (Å²) in [7, 11) is -2.21. The first kappa shape index (κ1) is 23.5. The lowest BCUT2D eigenvalue weighted by Gasteiger charge is -2.13. The van der Waals surface area contributed by atoms with Crippen molar-refractivity contribution < 1.29 is 22.7 Å². The first-order valence-corrected chi connectivity index (χ1v) is 12.0. The van der Waals surface area contributed by atoms with Crippen molar-refractivity contribution in [3.8, 4) is 5.75 Å². The van der Waals surface area contributed by atoms with Crippen LogP contribution in [0.4, 0.5) is 11.4 Å². The SMILES string of the molecule is COc1ccc(NC(C)=O)cc1NC(=O)c1ccc(S(=O)(=O)NCCc2cccs2)cc1. The van der Waals surface area contributed by atoms with Crippen LogP contribution in [0.25, 0.3) is 0 Å². The van der Waals surface area contributed by atoms with Crippen LogP contribution in [0.2, 0.25) is 0 Å². The van der Waals surface area contributed by atoms with Crippen LogP contribution < -0.4 is 20.1 Å². The van der Waals surface area contributed by atoms with E-state index < -0.39 is 15.9 Å². The summed E-state index contributed by atoms with van der Waals surface area (Å²) in [5, 5.41) is 7.30. The lowest BCUT2D eigenvalue weighted by atomic mass is 10.2. The van der Waals surface area contributed by atoms with E-state index in [4.69, 9.17) is 4.74 Å². The maximum Gasteiger partial charge on any atom is 0.255 e. The van der Waals surface area contributed by atoms with Crippen molar-refractivity contribution in [2.24, 2.45) is 0 Å². The van der Waals surface area contributed by atoms with E-state index in [-0.39, 0.29) is 22.9 Å². The van der Waals surface area contributed by atoms with Gasteiger partial charge >= 0.3 is 0 Å². The second-order valence-corrected chi connectivity index (χ2v) is 9.60. The highest BCUT2D eigenvalue weighted by Crippen LogP contribution is 2.28. The minimum atomic E-state index is -3.68. The maximum absolute atomic E-state index is 12.7. The zero-order valence-electron chi connectivity index (χ0n) is 17.5. The minimum absolute atomic E-state index is 0.0745. The summed E-state index contributed by atoms with van der Waals surface area (Å²) >= 11 is 1.57. The van der Waals surface area contributed by atoms with Gasteiger partial charge < -0.3 is 15.4 Å². The van der Waals surface area contributed by atoms with Gasteiger partial charge in [-0.3, -0.25) is 9.59 Å². The van der Waals surface area contributed by atoms with Crippen LogP contribution in [0.15, 0.2) is 64.9 Å². The number of methoxy groups -OCH3 is 1. The number of ether oxygens (including phenoxy) is 1. The average molecular weight is 474 g/mol. The summed E-state index contributed by atoms with van der Waals surface area (Å²) in [5.74, 6) is -0.271. The molecule has 0 atom stereocenters. The summed E-state index contributed by atoms with van der Waals surface area (Å²) in [5.41, 5.74) is 1.15. The highest BCUT2D eigenvalue weighted by Gasteiger charge is 2.16. The predicted octanol–water partition coefficient (Wildman–Crippen LogP) is 3.49. The van der Waals surface area contributed by atoms with Crippen molar-refractivity contribution in [2.75, 3.05) is 24.3 Å². The zero-order valence-corrected chi connectivity index (χ0v) is 19.2. The molecule has 1 heterocycles. The number of carbonyl (C=O) groups is 2. The topological polar surface area (TPSA) is 114 Å². The molecule has 0 saturated carbocycles. The molecule has 3 N–H and O–H groups in total. The zero-order chi connectivity index (χ0) is 23.1.